The molecule has 4 heteroatoms. The van der Waals surface area contributed by atoms with Crippen LogP contribution in [0, 0.1) is 5.41 Å². The molecule has 102 valence electrons. The summed E-state index contributed by atoms with van der Waals surface area (Å²) in [5.41, 5.74) is -0.266. The van der Waals surface area contributed by atoms with Crippen molar-refractivity contribution in [2.24, 2.45) is 5.41 Å². The first-order valence-electron chi connectivity index (χ1n) is 6.54. The molecule has 2 atom stereocenters. The number of rotatable bonds is 4. The minimum Gasteiger partial charge on any atom is -0.342 e. The van der Waals surface area contributed by atoms with Gasteiger partial charge in [0.1, 0.15) is 12.1 Å². The van der Waals surface area contributed by atoms with Gasteiger partial charge in [0.2, 0.25) is 11.8 Å². The van der Waals surface area contributed by atoms with Crippen LogP contribution in [0.4, 0.5) is 0 Å². The Morgan fingerprint density at radius 3 is 2.44 bits per heavy atom. The minimum atomic E-state index is -0.433. The fraction of sp³-hybridized carbons (Fsp3) is 0.714. The van der Waals surface area contributed by atoms with Gasteiger partial charge in [-0.25, -0.2) is 0 Å². The van der Waals surface area contributed by atoms with Gasteiger partial charge in [-0.15, -0.1) is 6.58 Å². The van der Waals surface area contributed by atoms with Crippen LogP contribution < -0.4 is 5.32 Å². The summed E-state index contributed by atoms with van der Waals surface area (Å²) in [6.45, 7) is 12.1. The molecule has 0 spiro atoms. The molecule has 1 aliphatic rings. The summed E-state index contributed by atoms with van der Waals surface area (Å²) in [5.74, 6) is -0.0168. The second-order valence-electron chi connectivity index (χ2n) is 5.84. The van der Waals surface area contributed by atoms with Crippen molar-refractivity contribution >= 4 is 11.8 Å². The van der Waals surface area contributed by atoms with E-state index in [2.05, 4.69) is 11.9 Å². The molecule has 0 aromatic rings. The maximum Gasteiger partial charge on any atom is 0.246 e. The summed E-state index contributed by atoms with van der Waals surface area (Å²) < 4.78 is 0. The third-order valence-corrected chi connectivity index (χ3v) is 3.32. The lowest BCUT2D eigenvalue weighted by molar-refractivity contribution is -0.152. The standard InChI is InChI=1S/C14H24N2O2/c1-6-8-9-16-10(7-2)12(17)15-11(13(16)18)14(3,4)5/h6,10-11H,1,7-9H2,2-5H3,(H,15,17). The number of carbonyl (C=O) groups excluding carboxylic acids is 2. The summed E-state index contributed by atoms with van der Waals surface area (Å²) in [7, 11) is 0. The molecule has 1 aliphatic heterocycles. The van der Waals surface area contributed by atoms with Crippen LogP contribution in [-0.2, 0) is 9.59 Å². The Kier molecular flexibility index (Phi) is 4.54. The van der Waals surface area contributed by atoms with Crippen LogP contribution in [0.15, 0.2) is 12.7 Å². The minimum absolute atomic E-state index is 0.0239. The summed E-state index contributed by atoms with van der Waals surface area (Å²) in [5, 5.41) is 2.86. The van der Waals surface area contributed by atoms with E-state index >= 15 is 0 Å². The van der Waals surface area contributed by atoms with E-state index in [-0.39, 0.29) is 23.3 Å². The van der Waals surface area contributed by atoms with Gasteiger partial charge in [-0.1, -0.05) is 33.8 Å². The molecular formula is C14H24N2O2. The largest absolute Gasteiger partial charge is 0.342 e. The zero-order valence-electron chi connectivity index (χ0n) is 11.8. The predicted octanol–water partition coefficient (Wildman–Crippen LogP) is 1.71. The monoisotopic (exact) mass is 252 g/mol. The molecule has 1 saturated heterocycles. The highest BCUT2D eigenvalue weighted by molar-refractivity contribution is 5.97. The van der Waals surface area contributed by atoms with Gasteiger partial charge >= 0.3 is 0 Å². The van der Waals surface area contributed by atoms with Crippen molar-refractivity contribution in [1.29, 1.82) is 0 Å². The van der Waals surface area contributed by atoms with Gasteiger partial charge in [-0.2, -0.15) is 0 Å². The fourth-order valence-corrected chi connectivity index (χ4v) is 2.25. The zero-order chi connectivity index (χ0) is 13.9. The molecular weight excluding hydrogens is 228 g/mol. The van der Waals surface area contributed by atoms with Gasteiger partial charge in [0.05, 0.1) is 0 Å². The molecule has 0 aromatic heterocycles. The van der Waals surface area contributed by atoms with Crippen molar-refractivity contribution in [2.45, 2.75) is 52.6 Å². The van der Waals surface area contributed by atoms with Crippen LogP contribution in [-0.4, -0.2) is 35.3 Å². The van der Waals surface area contributed by atoms with Crippen LogP contribution in [0.2, 0.25) is 0 Å². The molecule has 0 saturated carbocycles. The lowest BCUT2D eigenvalue weighted by Crippen LogP contribution is -2.66. The van der Waals surface area contributed by atoms with E-state index in [0.717, 1.165) is 0 Å². The lowest BCUT2D eigenvalue weighted by Gasteiger charge is -2.43. The fourth-order valence-electron chi connectivity index (χ4n) is 2.25. The number of hydrogen-bond donors (Lipinski definition) is 1. The molecule has 1 fully saturated rings. The number of carbonyl (C=O) groups is 2. The third-order valence-electron chi connectivity index (χ3n) is 3.32. The van der Waals surface area contributed by atoms with Crippen LogP contribution in [0.25, 0.3) is 0 Å². The van der Waals surface area contributed by atoms with Crippen LogP contribution in [0.5, 0.6) is 0 Å². The molecule has 18 heavy (non-hydrogen) atoms. The van der Waals surface area contributed by atoms with Crippen molar-refractivity contribution in [3.05, 3.63) is 12.7 Å². The van der Waals surface area contributed by atoms with E-state index in [4.69, 9.17) is 0 Å². The SMILES string of the molecule is C=CCCN1C(=O)C(C(C)(C)C)NC(=O)C1CC. The van der Waals surface area contributed by atoms with Gasteiger partial charge < -0.3 is 10.2 Å². The van der Waals surface area contributed by atoms with E-state index in [1.165, 1.54) is 0 Å². The van der Waals surface area contributed by atoms with Gasteiger partial charge in [0.25, 0.3) is 0 Å². The topological polar surface area (TPSA) is 49.4 Å². The smallest absolute Gasteiger partial charge is 0.246 e. The maximum absolute atomic E-state index is 12.5. The number of amides is 2. The second-order valence-corrected chi connectivity index (χ2v) is 5.84. The van der Waals surface area contributed by atoms with Crippen molar-refractivity contribution in [3.8, 4) is 0 Å². The molecule has 0 aromatic carbocycles. The summed E-state index contributed by atoms with van der Waals surface area (Å²) >= 11 is 0. The molecule has 2 amide bonds. The molecule has 2 unspecified atom stereocenters. The van der Waals surface area contributed by atoms with E-state index < -0.39 is 6.04 Å². The van der Waals surface area contributed by atoms with Crippen LogP contribution in [0.1, 0.15) is 40.5 Å². The summed E-state index contributed by atoms with van der Waals surface area (Å²) in [4.78, 5) is 26.2. The van der Waals surface area contributed by atoms with Gasteiger partial charge in [-0.3, -0.25) is 9.59 Å². The highest BCUT2D eigenvalue weighted by Gasteiger charge is 2.44. The lowest BCUT2D eigenvalue weighted by atomic mass is 9.83. The van der Waals surface area contributed by atoms with E-state index in [9.17, 15) is 9.59 Å². The van der Waals surface area contributed by atoms with E-state index in [0.29, 0.717) is 19.4 Å². The Morgan fingerprint density at radius 2 is 2.00 bits per heavy atom. The highest BCUT2D eigenvalue weighted by atomic mass is 16.2. The van der Waals surface area contributed by atoms with Gasteiger partial charge in [0, 0.05) is 6.54 Å². The van der Waals surface area contributed by atoms with Crippen molar-refractivity contribution < 1.29 is 9.59 Å². The first-order valence-corrected chi connectivity index (χ1v) is 6.54. The Balaban J connectivity index is 2.96. The first-order chi connectivity index (χ1) is 8.32. The highest BCUT2D eigenvalue weighted by Crippen LogP contribution is 2.26. The Hall–Kier alpha value is -1.32. The van der Waals surface area contributed by atoms with Crippen molar-refractivity contribution in [3.63, 3.8) is 0 Å². The first kappa shape index (κ1) is 14.7. The van der Waals surface area contributed by atoms with Crippen molar-refractivity contribution in [1.82, 2.24) is 10.2 Å². The third kappa shape index (κ3) is 2.92. The average Bonchev–Trinajstić information content (AvgIpc) is 2.28. The number of nitrogens with zero attached hydrogens (tertiary/aromatic N) is 1. The maximum atomic E-state index is 12.5. The van der Waals surface area contributed by atoms with Crippen molar-refractivity contribution in [2.75, 3.05) is 6.54 Å². The van der Waals surface area contributed by atoms with Gasteiger partial charge in [-0.05, 0) is 18.3 Å². The van der Waals surface area contributed by atoms with Crippen LogP contribution >= 0.6 is 0 Å². The predicted molar refractivity (Wildman–Crippen MR) is 72.0 cm³/mol. The number of hydrogen-bond acceptors (Lipinski definition) is 2. The Bertz CT molecular complexity index is 344. The molecule has 0 aliphatic carbocycles. The molecule has 1 N–H and O–H groups in total. The summed E-state index contributed by atoms with van der Waals surface area (Å²) in [6, 6.07) is -0.770. The normalized spacial score (nSPS) is 25.0. The molecule has 1 rings (SSSR count). The number of piperazine rings is 1. The Morgan fingerprint density at radius 1 is 1.39 bits per heavy atom. The Labute approximate surface area is 109 Å². The molecule has 0 radical (unpaired) electrons. The second kappa shape index (κ2) is 5.55. The van der Waals surface area contributed by atoms with E-state index in [1.54, 1.807) is 11.0 Å². The average molecular weight is 252 g/mol. The van der Waals surface area contributed by atoms with Crippen LogP contribution in [0.3, 0.4) is 0 Å². The zero-order valence-corrected chi connectivity index (χ0v) is 11.8. The quantitative estimate of drug-likeness (QED) is 0.774. The number of nitrogens with one attached hydrogen (secondary N) is 1. The molecule has 4 nitrogen and oxygen atoms in total. The molecule has 0 bridgehead atoms. The summed E-state index contributed by atoms with van der Waals surface area (Å²) in [6.07, 6.45) is 3.14. The van der Waals surface area contributed by atoms with Gasteiger partial charge in [0.15, 0.2) is 0 Å². The van der Waals surface area contributed by atoms with E-state index in [1.807, 2.05) is 27.7 Å². The molecule has 1 heterocycles.